The van der Waals surface area contributed by atoms with Gasteiger partial charge in [-0.05, 0) is 31.4 Å². The molecule has 0 radical (unpaired) electrons. The van der Waals surface area contributed by atoms with Crippen molar-refractivity contribution in [3.05, 3.63) is 30.3 Å². The maximum Gasteiger partial charge on any atom is 0.139 e. The fraction of sp³-hybridized carbons (Fsp3) is 0.500. The molecule has 1 N–H and O–H groups in total. The van der Waals surface area contributed by atoms with E-state index in [2.05, 4.69) is 16.3 Å². The molecule has 0 amide bonds. The Kier molecular flexibility index (Phi) is 2.53. The third-order valence-corrected chi connectivity index (χ3v) is 3.73. The van der Waals surface area contributed by atoms with Gasteiger partial charge in [0.15, 0.2) is 0 Å². The third kappa shape index (κ3) is 2.13. The first-order valence-corrected chi connectivity index (χ1v) is 6.30. The zero-order valence-corrected chi connectivity index (χ0v) is 9.89. The van der Waals surface area contributed by atoms with Gasteiger partial charge in [-0.2, -0.15) is 5.26 Å². The van der Waals surface area contributed by atoms with Crippen LogP contribution in [0.15, 0.2) is 30.3 Å². The molecule has 88 valence electrons. The van der Waals surface area contributed by atoms with E-state index in [1.807, 2.05) is 30.3 Å². The van der Waals surface area contributed by atoms with Gasteiger partial charge in [0.1, 0.15) is 5.54 Å². The van der Waals surface area contributed by atoms with Gasteiger partial charge in [0.2, 0.25) is 0 Å². The molecular weight excluding hydrogens is 210 g/mol. The first-order chi connectivity index (χ1) is 8.31. The molecule has 1 saturated heterocycles. The Morgan fingerprint density at radius 3 is 2.71 bits per heavy atom. The number of hydrogen-bond acceptors (Lipinski definition) is 3. The second-order valence-electron chi connectivity index (χ2n) is 5.14. The van der Waals surface area contributed by atoms with Crippen LogP contribution in [0.1, 0.15) is 19.3 Å². The third-order valence-electron chi connectivity index (χ3n) is 3.73. The van der Waals surface area contributed by atoms with Crippen LogP contribution >= 0.6 is 0 Å². The molecule has 1 aliphatic heterocycles. The summed E-state index contributed by atoms with van der Waals surface area (Å²) in [5.41, 5.74) is 0.663. The summed E-state index contributed by atoms with van der Waals surface area (Å²) in [5, 5.41) is 12.9. The van der Waals surface area contributed by atoms with E-state index in [0.717, 1.165) is 31.2 Å². The van der Waals surface area contributed by atoms with Gasteiger partial charge in [-0.25, -0.2) is 0 Å². The van der Waals surface area contributed by atoms with Crippen molar-refractivity contribution in [2.24, 2.45) is 0 Å². The number of rotatable bonds is 3. The van der Waals surface area contributed by atoms with Gasteiger partial charge in [0, 0.05) is 24.8 Å². The van der Waals surface area contributed by atoms with Crippen LogP contribution in [-0.4, -0.2) is 29.6 Å². The lowest BCUT2D eigenvalue weighted by molar-refractivity contribution is 0.319. The van der Waals surface area contributed by atoms with E-state index < -0.39 is 0 Å². The summed E-state index contributed by atoms with van der Waals surface area (Å²) in [4.78, 5) is 2.46. The van der Waals surface area contributed by atoms with Crippen LogP contribution in [0.25, 0.3) is 0 Å². The van der Waals surface area contributed by atoms with Crippen molar-refractivity contribution in [2.75, 3.05) is 18.4 Å². The van der Waals surface area contributed by atoms with Crippen LogP contribution in [-0.2, 0) is 0 Å². The van der Waals surface area contributed by atoms with Gasteiger partial charge in [-0.15, -0.1) is 0 Å². The Bertz CT molecular complexity index is 433. The van der Waals surface area contributed by atoms with Crippen LogP contribution in [0.5, 0.6) is 0 Å². The molecule has 1 aliphatic carbocycles. The predicted molar refractivity (Wildman–Crippen MR) is 67.6 cm³/mol. The monoisotopic (exact) mass is 227 g/mol. The molecule has 3 rings (SSSR count). The number of para-hydroxylation sites is 1. The van der Waals surface area contributed by atoms with Gasteiger partial charge in [0.05, 0.1) is 6.07 Å². The zero-order valence-electron chi connectivity index (χ0n) is 9.89. The lowest BCUT2D eigenvalue weighted by atomic mass is 10.0. The van der Waals surface area contributed by atoms with Crippen molar-refractivity contribution in [3.63, 3.8) is 0 Å². The second kappa shape index (κ2) is 4.05. The first kappa shape index (κ1) is 10.6. The molecule has 1 aromatic rings. The second-order valence-corrected chi connectivity index (χ2v) is 5.14. The topological polar surface area (TPSA) is 39.1 Å². The molecular formula is C14H17N3. The minimum absolute atomic E-state index is 0.385. The number of hydrogen-bond donors (Lipinski definition) is 1. The van der Waals surface area contributed by atoms with E-state index >= 15 is 0 Å². The number of nitriles is 1. The summed E-state index contributed by atoms with van der Waals surface area (Å²) in [5.74, 6) is 0. The normalized spacial score (nSPS) is 28.9. The molecule has 1 aromatic carbocycles. The Balaban J connectivity index is 1.73. The minimum atomic E-state index is -0.385. The van der Waals surface area contributed by atoms with Crippen molar-refractivity contribution in [1.29, 1.82) is 5.26 Å². The lowest BCUT2D eigenvalue weighted by Crippen LogP contribution is -2.40. The van der Waals surface area contributed by atoms with Gasteiger partial charge in [0.25, 0.3) is 0 Å². The Morgan fingerprint density at radius 1 is 1.29 bits per heavy atom. The van der Waals surface area contributed by atoms with Gasteiger partial charge in [-0.1, -0.05) is 18.2 Å². The van der Waals surface area contributed by atoms with Crippen molar-refractivity contribution in [2.45, 2.75) is 30.8 Å². The van der Waals surface area contributed by atoms with Gasteiger partial charge < -0.3 is 5.32 Å². The van der Waals surface area contributed by atoms with Crippen LogP contribution in [0.2, 0.25) is 0 Å². The molecule has 17 heavy (non-hydrogen) atoms. The summed E-state index contributed by atoms with van der Waals surface area (Å²) in [6, 6.07) is 13.3. The van der Waals surface area contributed by atoms with Crippen LogP contribution in [0.4, 0.5) is 5.69 Å². The average molecular weight is 227 g/mol. The molecule has 2 fully saturated rings. The Morgan fingerprint density at radius 2 is 2.06 bits per heavy atom. The van der Waals surface area contributed by atoms with Crippen molar-refractivity contribution >= 4 is 5.69 Å². The van der Waals surface area contributed by atoms with E-state index in [9.17, 15) is 5.26 Å². The van der Waals surface area contributed by atoms with E-state index in [-0.39, 0.29) is 5.54 Å². The number of nitrogens with one attached hydrogen (secondary N) is 1. The van der Waals surface area contributed by atoms with E-state index in [1.54, 1.807) is 0 Å². The summed E-state index contributed by atoms with van der Waals surface area (Å²) >= 11 is 0. The van der Waals surface area contributed by atoms with E-state index in [1.165, 1.54) is 12.8 Å². The molecule has 0 bridgehead atoms. The quantitative estimate of drug-likeness (QED) is 0.860. The van der Waals surface area contributed by atoms with Gasteiger partial charge >= 0.3 is 0 Å². The van der Waals surface area contributed by atoms with Crippen molar-refractivity contribution in [1.82, 2.24) is 4.90 Å². The highest BCUT2D eigenvalue weighted by Gasteiger charge is 2.43. The standard InChI is InChI=1S/C14H17N3/c15-10-14(16-12-4-2-1-3-5-12)8-9-17(11-14)13-6-7-13/h1-5,13,16H,6-9,11H2. The lowest BCUT2D eigenvalue weighted by Gasteiger charge is -2.24. The maximum absolute atomic E-state index is 9.46. The highest BCUT2D eigenvalue weighted by Crippen LogP contribution is 2.34. The predicted octanol–water partition coefficient (Wildman–Crippen LogP) is 2.23. The zero-order chi connectivity index (χ0) is 11.7. The molecule has 2 aliphatic rings. The number of benzene rings is 1. The SMILES string of the molecule is N#CC1(Nc2ccccc2)CCN(C2CC2)C1. The molecule has 1 unspecified atom stereocenters. The summed E-state index contributed by atoms with van der Waals surface area (Å²) < 4.78 is 0. The summed E-state index contributed by atoms with van der Waals surface area (Å²) in [7, 11) is 0. The summed E-state index contributed by atoms with van der Waals surface area (Å²) in [6.45, 7) is 1.92. The molecule has 1 atom stereocenters. The van der Waals surface area contributed by atoms with Crippen LogP contribution < -0.4 is 5.32 Å². The van der Waals surface area contributed by atoms with E-state index in [4.69, 9.17) is 0 Å². The van der Waals surface area contributed by atoms with Gasteiger partial charge in [-0.3, -0.25) is 4.90 Å². The molecule has 1 saturated carbocycles. The largest absolute Gasteiger partial charge is 0.366 e. The fourth-order valence-corrected chi connectivity index (χ4v) is 2.61. The molecule has 3 nitrogen and oxygen atoms in total. The molecule has 0 spiro atoms. The first-order valence-electron chi connectivity index (χ1n) is 6.30. The number of anilines is 1. The highest BCUT2D eigenvalue weighted by molar-refractivity contribution is 5.48. The Hall–Kier alpha value is -1.53. The molecule has 3 heteroatoms. The van der Waals surface area contributed by atoms with Crippen molar-refractivity contribution in [3.8, 4) is 6.07 Å². The minimum Gasteiger partial charge on any atom is -0.366 e. The summed E-state index contributed by atoms with van der Waals surface area (Å²) in [6.07, 6.45) is 3.55. The maximum atomic E-state index is 9.46. The fourth-order valence-electron chi connectivity index (χ4n) is 2.61. The molecule has 1 heterocycles. The van der Waals surface area contributed by atoms with Crippen LogP contribution in [0, 0.1) is 11.3 Å². The average Bonchev–Trinajstić information content (AvgIpc) is 3.14. The number of nitrogens with zero attached hydrogens (tertiary/aromatic N) is 2. The smallest absolute Gasteiger partial charge is 0.139 e. The number of likely N-dealkylation sites (tertiary alicyclic amines) is 1. The molecule has 0 aromatic heterocycles. The van der Waals surface area contributed by atoms with E-state index in [0.29, 0.717) is 0 Å². The van der Waals surface area contributed by atoms with Crippen molar-refractivity contribution < 1.29 is 0 Å². The highest BCUT2D eigenvalue weighted by atomic mass is 15.2. The van der Waals surface area contributed by atoms with Crippen LogP contribution in [0.3, 0.4) is 0 Å². The Labute approximate surface area is 102 Å².